The third-order valence-corrected chi connectivity index (χ3v) is 6.40. The highest BCUT2D eigenvalue weighted by Crippen LogP contribution is 2.59. The molecule has 4 heteroatoms. The smallest absolute Gasteiger partial charge is 0.244 e. The molecule has 0 aliphatic heterocycles. The van der Waals surface area contributed by atoms with E-state index in [4.69, 9.17) is 4.74 Å². The average Bonchev–Trinajstić information content (AvgIpc) is 3.57. The van der Waals surface area contributed by atoms with Crippen LogP contribution in [-0.4, -0.2) is 18.7 Å². The Kier molecular flexibility index (Phi) is 6.93. The van der Waals surface area contributed by atoms with E-state index < -0.39 is 0 Å². The number of hydrogen-bond acceptors (Lipinski definition) is 3. The lowest BCUT2D eigenvalue weighted by molar-refractivity contribution is -0.122. The molecule has 33 heavy (non-hydrogen) atoms. The molecule has 1 saturated carbocycles. The minimum absolute atomic E-state index is 0.0568. The number of unbranched alkanes of at least 4 members (excludes halogenated alkanes) is 1. The van der Waals surface area contributed by atoms with Gasteiger partial charge in [-0.3, -0.25) is 4.79 Å². The van der Waals surface area contributed by atoms with Crippen LogP contribution in [0, 0.1) is 19.8 Å². The summed E-state index contributed by atoms with van der Waals surface area (Å²) in [6.07, 6.45) is 4.53. The van der Waals surface area contributed by atoms with Gasteiger partial charge in [-0.1, -0.05) is 85.1 Å². The van der Waals surface area contributed by atoms with E-state index in [-0.39, 0.29) is 17.2 Å². The quantitative estimate of drug-likeness (QED) is 0.254. The van der Waals surface area contributed by atoms with Crippen molar-refractivity contribution < 1.29 is 9.53 Å². The Morgan fingerprint density at radius 2 is 1.70 bits per heavy atom. The molecule has 1 atom stereocenters. The van der Waals surface area contributed by atoms with Gasteiger partial charge in [0.2, 0.25) is 5.91 Å². The summed E-state index contributed by atoms with van der Waals surface area (Å²) >= 11 is 0. The number of carbonyl (C=O) groups excluding carboxylic acids is 1. The van der Waals surface area contributed by atoms with E-state index >= 15 is 0 Å². The monoisotopic (exact) mass is 440 g/mol. The van der Waals surface area contributed by atoms with Crippen LogP contribution in [0.4, 0.5) is 0 Å². The number of hydrogen-bond donors (Lipinski definition) is 1. The third kappa shape index (κ3) is 5.00. The molecule has 3 aromatic rings. The first-order valence-corrected chi connectivity index (χ1v) is 11.7. The van der Waals surface area contributed by atoms with Crippen LogP contribution in [0.2, 0.25) is 0 Å². The Morgan fingerprint density at radius 1 is 1.03 bits per heavy atom. The van der Waals surface area contributed by atoms with Gasteiger partial charge in [0.05, 0.1) is 18.7 Å². The molecule has 0 heterocycles. The molecule has 0 bridgehead atoms. The van der Waals surface area contributed by atoms with Crippen LogP contribution >= 0.6 is 0 Å². The number of nitrogens with zero attached hydrogens (tertiary/aromatic N) is 1. The lowest BCUT2D eigenvalue weighted by Gasteiger charge is -2.20. The van der Waals surface area contributed by atoms with Gasteiger partial charge in [0, 0.05) is 11.0 Å². The molecule has 170 valence electrons. The number of para-hydroxylation sites is 1. The summed E-state index contributed by atoms with van der Waals surface area (Å²) in [6.45, 7) is 6.99. The van der Waals surface area contributed by atoms with Crippen molar-refractivity contribution >= 4 is 12.1 Å². The van der Waals surface area contributed by atoms with Gasteiger partial charge in [0.25, 0.3) is 0 Å². The number of hydrazone groups is 1. The zero-order valence-electron chi connectivity index (χ0n) is 19.7. The van der Waals surface area contributed by atoms with E-state index in [1.807, 2.05) is 24.3 Å². The second-order valence-electron chi connectivity index (χ2n) is 8.94. The van der Waals surface area contributed by atoms with Crippen molar-refractivity contribution in [3.05, 3.63) is 101 Å². The van der Waals surface area contributed by atoms with Crippen LogP contribution in [0.5, 0.6) is 5.75 Å². The molecule has 4 nitrogen and oxygen atoms in total. The highest BCUT2D eigenvalue weighted by Gasteiger charge is 2.60. The van der Waals surface area contributed by atoms with Gasteiger partial charge < -0.3 is 4.74 Å². The summed E-state index contributed by atoms with van der Waals surface area (Å²) in [7, 11) is 0. The minimum atomic E-state index is -0.307. The zero-order valence-corrected chi connectivity index (χ0v) is 19.7. The Bertz CT molecular complexity index is 1110. The first-order chi connectivity index (χ1) is 16.0. The summed E-state index contributed by atoms with van der Waals surface area (Å²) < 4.78 is 5.86. The van der Waals surface area contributed by atoms with E-state index in [2.05, 4.69) is 79.8 Å². The van der Waals surface area contributed by atoms with E-state index in [1.54, 1.807) is 6.21 Å². The molecule has 1 aliphatic rings. The lowest BCUT2D eigenvalue weighted by atomic mass is 9.84. The summed E-state index contributed by atoms with van der Waals surface area (Å²) in [5.41, 5.74) is 8.10. The van der Waals surface area contributed by atoms with Gasteiger partial charge in [-0.05, 0) is 49.9 Å². The van der Waals surface area contributed by atoms with Crippen molar-refractivity contribution in [1.82, 2.24) is 5.43 Å². The molecule has 0 aromatic heterocycles. The molecular formula is C29H32N2O2. The molecular weight excluding hydrogens is 408 g/mol. The Morgan fingerprint density at radius 3 is 2.33 bits per heavy atom. The van der Waals surface area contributed by atoms with Crippen molar-refractivity contribution in [1.29, 1.82) is 0 Å². The first kappa shape index (κ1) is 22.8. The van der Waals surface area contributed by atoms with E-state index in [9.17, 15) is 4.79 Å². The molecule has 1 fully saturated rings. The van der Waals surface area contributed by atoms with Crippen LogP contribution < -0.4 is 10.2 Å². The minimum Gasteiger partial charge on any atom is -0.493 e. The normalized spacial score (nSPS) is 16.5. The van der Waals surface area contributed by atoms with Gasteiger partial charge in [-0.15, -0.1) is 0 Å². The molecule has 1 N–H and O–H groups in total. The Balaban J connectivity index is 1.52. The van der Waals surface area contributed by atoms with Gasteiger partial charge in [-0.25, -0.2) is 5.43 Å². The van der Waals surface area contributed by atoms with Gasteiger partial charge in [0.15, 0.2) is 0 Å². The molecule has 0 spiro atoms. The van der Waals surface area contributed by atoms with Crippen LogP contribution in [0.3, 0.4) is 0 Å². The van der Waals surface area contributed by atoms with E-state index in [1.165, 1.54) is 22.3 Å². The number of carbonyl (C=O) groups is 1. The molecule has 4 rings (SSSR count). The summed E-state index contributed by atoms with van der Waals surface area (Å²) in [5, 5.41) is 4.28. The molecule has 3 aromatic carbocycles. The average molecular weight is 441 g/mol. The van der Waals surface area contributed by atoms with Gasteiger partial charge >= 0.3 is 0 Å². The zero-order chi connectivity index (χ0) is 23.3. The van der Waals surface area contributed by atoms with Crippen molar-refractivity contribution in [2.75, 3.05) is 6.61 Å². The third-order valence-electron chi connectivity index (χ3n) is 6.40. The van der Waals surface area contributed by atoms with Gasteiger partial charge in [0.1, 0.15) is 5.75 Å². The second kappa shape index (κ2) is 10.0. The lowest BCUT2D eigenvalue weighted by Crippen LogP contribution is -2.25. The maximum Gasteiger partial charge on any atom is 0.244 e. The SMILES string of the molecule is CCCCOc1ccccc1/C=N/NC(=O)C1CC1(c1cccc(C)c1)c1cccc(C)c1. The van der Waals surface area contributed by atoms with Crippen LogP contribution in [0.1, 0.15) is 54.0 Å². The highest BCUT2D eigenvalue weighted by atomic mass is 16.5. The van der Waals surface area contributed by atoms with E-state index in [0.29, 0.717) is 6.61 Å². The summed E-state index contributed by atoms with van der Waals surface area (Å²) in [5.74, 6) is 0.567. The van der Waals surface area contributed by atoms with Crippen molar-refractivity contribution in [2.24, 2.45) is 11.0 Å². The maximum atomic E-state index is 13.2. The number of rotatable bonds is 9. The van der Waals surface area contributed by atoms with Gasteiger partial charge in [-0.2, -0.15) is 5.10 Å². The van der Waals surface area contributed by atoms with Crippen LogP contribution in [0.15, 0.2) is 77.9 Å². The highest BCUT2D eigenvalue weighted by molar-refractivity contribution is 5.88. The fourth-order valence-corrected chi connectivity index (χ4v) is 4.52. The largest absolute Gasteiger partial charge is 0.493 e. The Labute approximate surface area is 196 Å². The molecule has 0 radical (unpaired) electrons. The number of nitrogens with one attached hydrogen (secondary N) is 1. The fourth-order valence-electron chi connectivity index (χ4n) is 4.52. The van der Waals surface area contributed by atoms with Crippen molar-refractivity contribution in [3.63, 3.8) is 0 Å². The topological polar surface area (TPSA) is 50.7 Å². The molecule has 1 aliphatic carbocycles. The second-order valence-corrected chi connectivity index (χ2v) is 8.94. The fraction of sp³-hybridized carbons (Fsp3) is 0.310. The number of ether oxygens (including phenoxy) is 1. The molecule has 1 unspecified atom stereocenters. The van der Waals surface area contributed by atoms with E-state index in [0.717, 1.165) is 30.6 Å². The Hall–Kier alpha value is -3.40. The number of amides is 1. The predicted octanol–water partition coefficient (Wildman–Crippen LogP) is 5.94. The predicted molar refractivity (Wildman–Crippen MR) is 134 cm³/mol. The summed E-state index contributed by atoms with van der Waals surface area (Å²) in [6, 6.07) is 24.8. The summed E-state index contributed by atoms with van der Waals surface area (Å²) in [4.78, 5) is 13.2. The molecule has 1 amide bonds. The maximum absolute atomic E-state index is 13.2. The van der Waals surface area contributed by atoms with Crippen molar-refractivity contribution in [2.45, 2.75) is 45.4 Å². The van der Waals surface area contributed by atoms with Crippen LogP contribution in [0.25, 0.3) is 0 Å². The van der Waals surface area contributed by atoms with Crippen LogP contribution in [-0.2, 0) is 10.2 Å². The standard InChI is InChI=1S/C29H32N2O2/c1-4-5-16-33-27-15-7-6-12-23(27)20-30-31-28(32)26-19-29(26,24-13-8-10-21(2)17-24)25-14-9-11-22(3)18-25/h6-15,17-18,20,26H,4-5,16,19H2,1-3H3,(H,31,32)/b30-20+. The first-order valence-electron chi connectivity index (χ1n) is 11.7. The number of benzene rings is 3. The molecule has 0 saturated heterocycles. The number of aryl methyl sites for hydroxylation is 2. The van der Waals surface area contributed by atoms with Crippen molar-refractivity contribution in [3.8, 4) is 5.75 Å².